The van der Waals surface area contributed by atoms with Gasteiger partial charge in [0, 0.05) is 24.3 Å². The molecule has 0 bridgehead atoms. The van der Waals surface area contributed by atoms with E-state index in [9.17, 15) is 0 Å². The molecule has 0 saturated heterocycles. The first-order chi connectivity index (χ1) is 5.38. The second kappa shape index (κ2) is 3.96. The van der Waals surface area contributed by atoms with E-state index in [0.29, 0.717) is 5.88 Å². The molecule has 3 nitrogen and oxygen atoms in total. The molecule has 0 spiro atoms. The van der Waals surface area contributed by atoms with Crippen LogP contribution in [0.25, 0.3) is 4.85 Å². The molecule has 0 amide bonds. The zero-order valence-electron chi connectivity index (χ0n) is 5.90. The summed E-state index contributed by atoms with van der Waals surface area (Å²) in [5, 5.41) is 0. The lowest BCUT2D eigenvalue weighted by Gasteiger charge is -1.91. The van der Waals surface area contributed by atoms with Crippen molar-refractivity contribution >= 4 is 17.4 Å². The van der Waals surface area contributed by atoms with Crippen molar-refractivity contribution in [1.82, 2.24) is 4.98 Å². The van der Waals surface area contributed by atoms with E-state index in [1.165, 1.54) is 11.8 Å². The molecule has 0 unspecified atom stereocenters. The highest BCUT2D eigenvalue weighted by Gasteiger charge is 2.08. The van der Waals surface area contributed by atoms with Gasteiger partial charge in [0.2, 0.25) is 0 Å². The number of hydrogen-bond donors (Lipinski definition) is 1. The lowest BCUT2D eigenvalue weighted by atomic mass is 10.4. The van der Waals surface area contributed by atoms with Crippen molar-refractivity contribution < 1.29 is 0 Å². The lowest BCUT2D eigenvalue weighted by molar-refractivity contribution is 1.24. The molecule has 11 heavy (non-hydrogen) atoms. The molecule has 1 aromatic rings. The lowest BCUT2D eigenvalue weighted by Crippen LogP contribution is -1.91. The average Bonchev–Trinajstić information content (AvgIpc) is 2.06. The van der Waals surface area contributed by atoms with E-state index in [0.717, 1.165) is 10.6 Å². The summed E-state index contributed by atoms with van der Waals surface area (Å²) >= 11 is 1.47. The van der Waals surface area contributed by atoms with Crippen LogP contribution in [0.5, 0.6) is 0 Å². The maximum absolute atomic E-state index is 5.34. The summed E-state index contributed by atoms with van der Waals surface area (Å²) in [6, 6.07) is 1.75. The number of nitrogens with zero attached hydrogens (tertiary/aromatic N) is 2. The third-order valence-corrected chi connectivity index (χ3v) is 1.93. The summed E-state index contributed by atoms with van der Waals surface area (Å²) in [5.74, 6) is 0.508. The summed E-state index contributed by atoms with van der Waals surface area (Å²) in [4.78, 5) is 8.41. The van der Waals surface area contributed by atoms with Crippen LogP contribution in [-0.4, -0.2) is 10.9 Å². The largest absolute Gasteiger partial charge is 0.356 e. The van der Waals surface area contributed by atoms with E-state index in [2.05, 4.69) is 9.83 Å². The molecule has 1 heterocycles. The van der Waals surface area contributed by atoms with Crippen LogP contribution in [0.2, 0.25) is 0 Å². The Balaban J connectivity index is 2.95. The highest BCUT2D eigenvalue weighted by Crippen LogP contribution is 2.26. The highest BCUT2D eigenvalue weighted by atomic mass is 32.2. The van der Waals surface area contributed by atoms with Crippen molar-refractivity contribution in [3.8, 4) is 6.57 Å². The molecule has 0 aromatic carbocycles. The van der Waals surface area contributed by atoms with E-state index in [-0.39, 0.29) is 0 Å². The van der Waals surface area contributed by atoms with Gasteiger partial charge in [-0.25, -0.2) is 0 Å². The summed E-state index contributed by atoms with van der Waals surface area (Å²) in [5.41, 5.74) is 6.07. The van der Waals surface area contributed by atoms with Crippen molar-refractivity contribution in [1.29, 1.82) is 0 Å². The number of aromatic nitrogens is 1. The van der Waals surface area contributed by atoms with Gasteiger partial charge in [0.05, 0.1) is 0 Å². The summed E-state index contributed by atoms with van der Waals surface area (Å²) in [6.45, 7) is 5.12. The summed E-state index contributed by atoms with van der Waals surface area (Å²) in [7, 11) is 0. The number of rotatable bonds is 2. The Morgan fingerprint density at radius 1 is 1.73 bits per heavy atom. The number of hydrogen-bond acceptors (Lipinski definition) is 3. The van der Waals surface area contributed by atoms with Gasteiger partial charge in [-0.1, -0.05) is 0 Å². The third kappa shape index (κ3) is 1.93. The van der Waals surface area contributed by atoms with Gasteiger partial charge in [0.15, 0.2) is 0 Å². The van der Waals surface area contributed by atoms with Crippen LogP contribution in [0.3, 0.4) is 0 Å². The first-order valence-corrected chi connectivity index (χ1v) is 4.05. The molecule has 0 aliphatic carbocycles. The zero-order chi connectivity index (χ0) is 8.10. The van der Waals surface area contributed by atoms with Gasteiger partial charge >= 0.3 is 5.69 Å². The van der Waals surface area contributed by atoms with E-state index in [4.69, 9.17) is 12.3 Å². The molecule has 0 aliphatic rings. The van der Waals surface area contributed by atoms with Crippen molar-refractivity contribution in [3.05, 3.63) is 23.3 Å². The molecule has 0 atom stereocenters. The summed E-state index contributed by atoms with van der Waals surface area (Å²) < 4.78 is 0. The minimum absolute atomic E-state index is 0.508. The first-order valence-electron chi connectivity index (χ1n) is 3.06. The Hall–Kier alpha value is -1.05. The predicted molar refractivity (Wildman–Crippen MR) is 47.1 cm³/mol. The second-order valence-electron chi connectivity index (χ2n) is 1.78. The average molecular weight is 166 g/mol. The normalized spacial score (nSPS) is 9.09. The number of nitrogens with two attached hydrogens (primary N) is 1. The minimum Gasteiger partial charge on any atom is -0.322 e. The van der Waals surface area contributed by atoms with Gasteiger partial charge in [-0.2, -0.15) is 0 Å². The molecule has 0 aliphatic heterocycles. The Kier molecular flexibility index (Phi) is 2.90. The first kappa shape index (κ1) is 8.05. The fourth-order valence-electron chi connectivity index (χ4n) is 0.680. The third-order valence-electron chi connectivity index (χ3n) is 1.14. The predicted octanol–water partition coefficient (Wildman–Crippen LogP) is 1.68. The van der Waals surface area contributed by atoms with Gasteiger partial charge in [0.25, 0.3) is 6.57 Å². The quantitative estimate of drug-likeness (QED) is 0.537. The van der Waals surface area contributed by atoms with Gasteiger partial charge in [-0.3, -0.25) is 4.98 Å². The number of pyridine rings is 1. The fraction of sp³-hybridized carbons (Fsp3) is 0.143. The fourth-order valence-corrected chi connectivity index (χ4v) is 1.26. The molecular weight excluding hydrogens is 158 g/mol. The monoisotopic (exact) mass is 166 g/mol. The Morgan fingerprint density at radius 3 is 3.18 bits per heavy atom. The SMILES string of the molecule is C#[N+]c1ccncc1SCN. The molecular formula is C7H8N3S+. The Bertz CT molecular complexity index is 279. The van der Waals surface area contributed by atoms with Crippen molar-refractivity contribution in [3.63, 3.8) is 0 Å². The molecule has 1 rings (SSSR count). The molecule has 0 radical (unpaired) electrons. The van der Waals surface area contributed by atoms with Crippen LogP contribution in [0, 0.1) is 6.57 Å². The Labute approximate surface area is 69.4 Å². The highest BCUT2D eigenvalue weighted by molar-refractivity contribution is 7.99. The van der Waals surface area contributed by atoms with Crippen LogP contribution >= 0.6 is 11.8 Å². The number of thioether (sulfide) groups is 1. The molecule has 0 saturated carbocycles. The topological polar surface area (TPSA) is 43.3 Å². The van der Waals surface area contributed by atoms with Gasteiger partial charge in [-0.15, -0.1) is 11.8 Å². The molecule has 1 aromatic heterocycles. The summed E-state index contributed by atoms with van der Waals surface area (Å²) in [6.07, 6.45) is 3.34. The van der Waals surface area contributed by atoms with Crippen LogP contribution < -0.4 is 5.73 Å². The maximum atomic E-state index is 5.34. The molecule has 4 heteroatoms. The minimum atomic E-state index is 0.508. The van der Waals surface area contributed by atoms with Crippen LogP contribution in [-0.2, 0) is 0 Å². The molecule has 56 valence electrons. The van der Waals surface area contributed by atoms with E-state index in [1.54, 1.807) is 18.5 Å². The Morgan fingerprint density at radius 2 is 2.55 bits per heavy atom. The molecule has 2 N–H and O–H groups in total. The van der Waals surface area contributed by atoms with E-state index >= 15 is 0 Å². The maximum Gasteiger partial charge on any atom is 0.356 e. The van der Waals surface area contributed by atoms with Crippen LogP contribution in [0.15, 0.2) is 23.4 Å². The van der Waals surface area contributed by atoms with Gasteiger partial charge < -0.3 is 5.73 Å². The van der Waals surface area contributed by atoms with Gasteiger partial charge in [-0.05, 0) is 4.85 Å². The van der Waals surface area contributed by atoms with E-state index in [1.807, 2.05) is 0 Å². The van der Waals surface area contributed by atoms with Crippen molar-refractivity contribution in [2.45, 2.75) is 4.90 Å². The van der Waals surface area contributed by atoms with Crippen LogP contribution in [0.4, 0.5) is 5.69 Å². The standard InChI is InChI=1S/C7H8N3S/c1-9-6-2-3-10-4-7(6)11-5-8/h1-4H,5,8H2/q+1. The van der Waals surface area contributed by atoms with Crippen molar-refractivity contribution in [2.75, 3.05) is 5.88 Å². The second-order valence-corrected chi connectivity index (χ2v) is 2.85. The zero-order valence-corrected chi connectivity index (χ0v) is 6.71. The smallest absolute Gasteiger partial charge is 0.322 e. The molecule has 0 fully saturated rings. The van der Waals surface area contributed by atoms with E-state index < -0.39 is 0 Å². The van der Waals surface area contributed by atoms with Gasteiger partial charge in [0.1, 0.15) is 4.90 Å². The van der Waals surface area contributed by atoms with Crippen LogP contribution in [0.1, 0.15) is 0 Å². The van der Waals surface area contributed by atoms with Crippen molar-refractivity contribution in [2.24, 2.45) is 5.73 Å².